The highest BCUT2D eigenvalue weighted by atomic mass is 35.5. The van der Waals surface area contributed by atoms with Gasteiger partial charge in [-0.1, -0.05) is 12.8 Å². The van der Waals surface area contributed by atoms with Gasteiger partial charge in [0.1, 0.15) is 6.54 Å². The molecule has 22 heavy (non-hydrogen) atoms. The second kappa shape index (κ2) is 8.75. The number of hydrogen-bond donors (Lipinski definition) is 3. The summed E-state index contributed by atoms with van der Waals surface area (Å²) in [5.41, 5.74) is 6.14. The molecule has 1 unspecified atom stereocenters. The Kier molecular flexibility index (Phi) is 7.34. The molecule has 8 heteroatoms. The molecule has 0 radical (unpaired) electrons. The van der Waals surface area contributed by atoms with Crippen LogP contribution in [0.5, 0.6) is 0 Å². The van der Waals surface area contributed by atoms with Gasteiger partial charge in [-0.2, -0.15) is 5.10 Å². The van der Waals surface area contributed by atoms with Crippen molar-refractivity contribution in [2.24, 2.45) is 5.73 Å². The van der Waals surface area contributed by atoms with E-state index in [0.717, 1.165) is 12.8 Å². The summed E-state index contributed by atoms with van der Waals surface area (Å²) in [5.74, 6) is -0.196. The summed E-state index contributed by atoms with van der Waals surface area (Å²) in [6.45, 7) is 1.94. The number of aromatic nitrogens is 2. The van der Waals surface area contributed by atoms with E-state index in [1.807, 2.05) is 0 Å². The lowest BCUT2D eigenvalue weighted by Gasteiger charge is -2.11. The summed E-state index contributed by atoms with van der Waals surface area (Å²) < 4.78 is 1.52. The highest BCUT2D eigenvalue weighted by Gasteiger charge is 2.17. The standard InChI is InChI=1S/C14H23N5O2.ClH/c1-10(15)6-13(20)18-12-7-16-19(8-12)9-14(21)17-11-4-2-3-5-11;/h7-8,10-11H,2-6,9,15H2,1H3,(H,17,21)(H,18,20);1H. The average molecular weight is 330 g/mol. The molecular weight excluding hydrogens is 306 g/mol. The third-order valence-electron chi connectivity index (χ3n) is 3.45. The lowest BCUT2D eigenvalue weighted by atomic mass is 10.2. The first-order valence-corrected chi connectivity index (χ1v) is 7.40. The molecule has 2 rings (SSSR count). The quantitative estimate of drug-likeness (QED) is 0.725. The normalized spacial score (nSPS) is 15.9. The minimum absolute atomic E-state index is 0. The molecule has 124 valence electrons. The molecule has 7 nitrogen and oxygen atoms in total. The lowest BCUT2D eigenvalue weighted by Crippen LogP contribution is -2.35. The number of halogens is 1. The van der Waals surface area contributed by atoms with Gasteiger partial charge in [-0.3, -0.25) is 14.3 Å². The Morgan fingerprint density at radius 1 is 1.41 bits per heavy atom. The van der Waals surface area contributed by atoms with Gasteiger partial charge in [0.25, 0.3) is 0 Å². The maximum absolute atomic E-state index is 11.9. The molecular formula is C14H24ClN5O2. The first-order valence-electron chi connectivity index (χ1n) is 7.40. The number of nitrogens with one attached hydrogen (secondary N) is 2. The maximum atomic E-state index is 11.9. The third-order valence-corrected chi connectivity index (χ3v) is 3.45. The van der Waals surface area contributed by atoms with Crippen molar-refractivity contribution in [3.8, 4) is 0 Å². The summed E-state index contributed by atoms with van der Waals surface area (Å²) in [5, 5.41) is 9.78. The molecule has 1 heterocycles. The van der Waals surface area contributed by atoms with Crippen LogP contribution in [0.25, 0.3) is 0 Å². The Bertz CT molecular complexity index is 497. The Balaban J connectivity index is 0.00000242. The molecule has 1 aromatic heterocycles. The van der Waals surface area contributed by atoms with Crippen LogP contribution in [0.3, 0.4) is 0 Å². The molecule has 1 aliphatic rings. The Labute approximate surface area is 136 Å². The van der Waals surface area contributed by atoms with Gasteiger partial charge in [-0.05, 0) is 19.8 Å². The molecule has 1 fully saturated rings. The van der Waals surface area contributed by atoms with Crippen molar-refractivity contribution in [3.05, 3.63) is 12.4 Å². The van der Waals surface area contributed by atoms with Crippen LogP contribution >= 0.6 is 12.4 Å². The number of nitrogens with zero attached hydrogens (tertiary/aromatic N) is 2. The molecule has 0 spiro atoms. The SMILES string of the molecule is CC(N)CC(=O)Nc1cnn(CC(=O)NC2CCCC2)c1.Cl. The van der Waals surface area contributed by atoms with Crippen molar-refractivity contribution in [1.82, 2.24) is 15.1 Å². The predicted octanol–water partition coefficient (Wildman–Crippen LogP) is 1.04. The van der Waals surface area contributed by atoms with Gasteiger partial charge < -0.3 is 16.4 Å². The molecule has 2 amide bonds. The van der Waals surface area contributed by atoms with Crippen molar-refractivity contribution in [1.29, 1.82) is 0 Å². The minimum atomic E-state index is -0.183. The number of nitrogens with two attached hydrogens (primary N) is 1. The van der Waals surface area contributed by atoms with E-state index in [1.54, 1.807) is 13.1 Å². The first kappa shape index (κ1) is 18.4. The molecule has 1 saturated carbocycles. The van der Waals surface area contributed by atoms with Crippen LogP contribution < -0.4 is 16.4 Å². The second-order valence-corrected chi connectivity index (χ2v) is 5.71. The van der Waals surface area contributed by atoms with Gasteiger partial charge in [0.15, 0.2) is 0 Å². The lowest BCUT2D eigenvalue weighted by molar-refractivity contribution is -0.122. The summed E-state index contributed by atoms with van der Waals surface area (Å²) in [6, 6.07) is 0.121. The fourth-order valence-electron chi connectivity index (χ4n) is 2.51. The van der Waals surface area contributed by atoms with Crippen LogP contribution in [0.15, 0.2) is 12.4 Å². The van der Waals surface area contributed by atoms with Crippen molar-refractivity contribution < 1.29 is 9.59 Å². The molecule has 0 aromatic carbocycles. The van der Waals surface area contributed by atoms with Crippen LogP contribution in [0, 0.1) is 0 Å². The molecule has 4 N–H and O–H groups in total. The molecule has 0 saturated heterocycles. The summed E-state index contributed by atoms with van der Waals surface area (Å²) in [7, 11) is 0. The largest absolute Gasteiger partial charge is 0.352 e. The van der Waals surface area contributed by atoms with Gasteiger partial charge in [0.2, 0.25) is 11.8 Å². The number of anilines is 1. The number of rotatable bonds is 6. The van der Waals surface area contributed by atoms with Crippen molar-refractivity contribution in [2.45, 2.75) is 57.7 Å². The predicted molar refractivity (Wildman–Crippen MR) is 86.8 cm³/mol. The highest BCUT2D eigenvalue weighted by molar-refractivity contribution is 5.90. The average Bonchev–Trinajstić information content (AvgIpc) is 3.00. The molecule has 0 aliphatic heterocycles. The smallest absolute Gasteiger partial charge is 0.241 e. The van der Waals surface area contributed by atoms with Gasteiger partial charge >= 0.3 is 0 Å². The third kappa shape index (κ3) is 6.03. The topological polar surface area (TPSA) is 102 Å². The van der Waals surface area contributed by atoms with E-state index < -0.39 is 0 Å². The van der Waals surface area contributed by atoms with Crippen LogP contribution in [0.1, 0.15) is 39.0 Å². The zero-order valence-electron chi connectivity index (χ0n) is 12.7. The summed E-state index contributed by atoms with van der Waals surface area (Å²) in [4.78, 5) is 23.4. The first-order chi connectivity index (χ1) is 10.0. The molecule has 1 atom stereocenters. The van der Waals surface area contributed by atoms with E-state index >= 15 is 0 Å². The number of carbonyl (C=O) groups excluding carboxylic acids is 2. The van der Waals surface area contributed by atoms with Crippen LogP contribution in [0.2, 0.25) is 0 Å². The highest BCUT2D eigenvalue weighted by Crippen LogP contribution is 2.17. The zero-order valence-corrected chi connectivity index (χ0v) is 13.6. The van der Waals surface area contributed by atoms with Gasteiger partial charge in [-0.25, -0.2) is 0 Å². The number of amides is 2. The molecule has 1 aromatic rings. The van der Waals surface area contributed by atoms with Crippen LogP contribution in [-0.4, -0.2) is 33.7 Å². The molecule has 1 aliphatic carbocycles. The monoisotopic (exact) mass is 329 g/mol. The van der Waals surface area contributed by atoms with Crippen LogP contribution in [-0.2, 0) is 16.1 Å². The number of hydrogen-bond acceptors (Lipinski definition) is 4. The maximum Gasteiger partial charge on any atom is 0.241 e. The van der Waals surface area contributed by atoms with Gasteiger partial charge in [0, 0.05) is 24.7 Å². The zero-order chi connectivity index (χ0) is 15.2. The van der Waals surface area contributed by atoms with E-state index in [2.05, 4.69) is 15.7 Å². The van der Waals surface area contributed by atoms with Gasteiger partial charge in [0.05, 0.1) is 11.9 Å². The Hall–Kier alpha value is -1.60. The summed E-state index contributed by atoms with van der Waals surface area (Å²) >= 11 is 0. The molecule has 0 bridgehead atoms. The fourth-order valence-corrected chi connectivity index (χ4v) is 2.51. The fraction of sp³-hybridized carbons (Fsp3) is 0.643. The van der Waals surface area contributed by atoms with E-state index in [0.29, 0.717) is 11.7 Å². The minimum Gasteiger partial charge on any atom is -0.352 e. The van der Waals surface area contributed by atoms with E-state index in [4.69, 9.17) is 5.73 Å². The van der Waals surface area contributed by atoms with E-state index in [-0.39, 0.29) is 43.2 Å². The van der Waals surface area contributed by atoms with Crippen LogP contribution in [0.4, 0.5) is 5.69 Å². The van der Waals surface area contributed by atoms with Crippen molar-refractivity contribution in [3.63, 3.8) is 0 Å². The van der Waals surface area contributed by atoms with E-state index in [9.17, 15) is 9.59 Å². The Morgan fingerprint density at radius 2 is 2.09 bits per heavy atom. The van der Waals surface area contributed by atoms with E-state index in [1.165, 1.54) is 23.7 Å². The van der Waals surface area contributed by atoms with Crippen molar-refractivity contribution >= 4 is 29.9 Å². The summed E-state index contributed by atoms with van der Waals surface area (Å²) in [6.07, 6.45) is 7.92. The van der Waals surface area contributed by atoms with Gasteiger partial charge in [-0.15, -0.1) is 12.4 Å². The van der Waals surface area contributed by atoms with Crippen molar-refractivity contribution in [2.75, 3.05) is 5.32 Å². The Morgan fingerprint density at radius 3 is 2.73 bits per heavy atom. The number of carbonyl (C=O) groups is 2. The second-order valence-electron chi connectivity index (χ2n) is 5.71.